The average molecular weight is 348 g/mol. The molecule has 2 aromatic rings. The summed E-state index contributed by atoms with van der Waals surface area (Å²) in [6.45, 7) is 10.4. The van der Waals surface area contributed by atoms with E-state index >= 15 is 0 Å². The van der Waals surface area contributed by atoms with Gasteiger partial charge in [-0.3, -0.25) is 0 Å². The Labute approximate surface area is 146 Å². The predicted octanol–water partition coefficient (Wildman–Crippen LogP) is 4.61. The molecule has 7 heteroatoms. The number of ether oxygens (including phenoxy) is 2. The van der Waals surface area contributed by atoms with Gasteiger partial charge in [-0.15, -0.1) is 0 Å². The molecule has 25 heavy (non-hydrogen) atoms. The van der Waals surface area contributed by atoms with Gasteiger partial charge in [-0.05, 0) is 59.7 Å². The molecule has 0 aliphatic carbocycles. The maximum absolute atomic E-state index is 12.6. The lowest BCUT2D eigenvalue weighted by Gasteiger charge is -2.29. The Kier molecular flexibility index (Phi) is 4.97. The number of anilines is 1. The van der Waals surface area contributed by atoms with Crippen molar-refractivity contribution >= 4 is 28.8 Å². The normalized spacial score (nSPS) is 11.9. The minimum absolute atomic E-state index is 0.423. The lowest BCUT2D eigenvalue weighted by atomic mass is 10.2. The Bertz CT molecular complexity index is 768. The summed E-state index contributed by atoms with van der Waals surface area (Å²) in [6.07, 6.45) is 0.0143. The van der Waals surface area contributed by atoms with Crippen molar-refractivity contribution < 1.29 is 23.5 Å². The number of carbonyl (C=O) groups excluding carboxylic acids is 2. The van der Waals surface area contributed by atoms with Gasteiger partial charge in [-0.1, -0.05) is 6.07 Å². The molecule has 0 atom stereocenters. The molecule has 1 heterocycles. The van der Waals surface area contributed by atoms with E-state index in [-0.39, 0.29) is 0 Å². The van der Waals surface area contributed by atoms with Crippen molar-refractivity contribution in [1.82, 2.24) is 5.43 Å². The SMILES string of the molecule is CC(C)(C)OC(=O)NN(C(=O)OC(C)(C)C)c1cccc2occc12. The minimum Gasteiger partial charge on any atom is -0.464 e. The summed E-state index contributed by atoms with van der Waals surface area (Å²) in [6, 6.07) is 6.87. The summed E-state index contributed by atoms with van der Waals surface area (Å²) in [5.41, 5.74) is 2.02. The molecule has 0 saturated heterocycles. The molecule has 7 nitrogen and oxygen atoms in total. The molecule has 0 aliphatic rings. The molecule has 0 unspecified atom stereocenters. The van der Waals surface area contributed by atoms with E-state index in [1.54, 1.807) is 65.8 Å². The summed E-state index contributed by atoms with van der Waals surface area (Å²) >= 11 is 0. The molecule has 2 rings (SSSR count). The maximum Gasteiger partial charge on any atom is 0.434 e. The van der Waals surface area contributed by atoms with Crippen molar-refractivity contribution in [3.8, 4) is 0 Å². The molecule has 0 saturated carbocycles. The quantitative estimate of drug-likeness (QED) is 0.761. The Morgan fingerprint density at radius 3 is 2.24 bits per heavy atom. The molecular weight excluding hydrogens is 324 g/mol. The van der Waals surface area contributed by atoms with Gasteiger partial charge in [0.2, 0.25) is 0 Å². The Balaban J connectivity index is 2.37. The number of hydrazine groups is 1. The van der Waals surface area contributed by atoms with Crippen molar-refractivity contribution in [2.45, 2.75) is 52.7 Å². The van der Waals surface area contributed by atoms with E-state index in [1.807, 2.05) is 0 Å². The smallest absolute Gasteiger partial charge is 0.434 e. The van der Waals surface area contributed by atoms with E-state index in [0.717, 1.165) is 5.01 Å². The number of furan rings is 1. The van der Waals surface area contributed by atoms with Crippen molar-refractivity contribution in [3.05, 3.63) is 30.5 Å². The van der Waals surface area contributed by atoms with Crippen LogP contribution < -0.4 is 10.4 Å². The van der Waals surface area contributed by atoms with Gasteiger partial charge < -0.3 is 13.9 Å². The highest BCUT2D eigenvalue weighted by Crippen LogP contribution is 2.28. The first-order valence-electron chi connectivity index (χ1n) is 7.95. The first-order valence-corrected chi connectivity index (χ1v) is 7.95. The topological polar surface area (TPSA) is 81.0 Å². The van der Waals surface area contributed by atoms with Crippen LogP contribution >= 0.6 is 0 Å². The zero-order chi connectivity index (χ0) is 18.8. The third kappa shape index (κ3) is 5.14. The van der Waals surface area contributed by atoms with Crippen molar-refractivity contribution in [1.29, 1.82) is 0 Å². The molecule has 0 aliphatic heterocycles. The van der Waals surface area contributed by atoms with Crippen LogP contribution in [0.5, 0.6) is 0 Å². The third-order valence-corrected chi connectivity index (χ3v) is 2.89. The number of fused-ring (bicyclic) bond motifs is 1. The highest BCUT2D eigenvalue weighted by molar-refractivity contribution is 6.01. The maximum atomic E-state index is 12.6. The second-order valence-corrected chi connectivity index (χ2v) is 7.54. The van der Waals surface area contributed by atoms with Crippen LogP contribution in [0, 0.1) is 0 Å². The van der Waals surface area contributed by atoms with Gasteiger partial charge in [-0.2, -0.15) is 5.01 Å². The minimum atomic E-state index is -0.765. The third-order valence-electron chi connectivity index (χ3n) is 2.89. The van der Waals surface area contributed by atoms with Crippen LogP contribution in [0.25, 0.3) is 11.0 Å². The van der Waals surface area contributed by atoms with E-state index in [1.165, 1.54) is 6.26 Å². The van der Waals surface area contributed by atoms with Crippen LogP contribution in [0.15, 0.2) is 34.9 Å². The lowest BCUT2D eigenvalue weighted by Crippen LogP contribution is -2.50. The number of nitrogens with one attached hydrogen (secondary N) is 1. The molecule has 2 amide bonds. The number of hydrogen-bond acceptors (Lipinski definition) is 5. The zero-order valence-corrected chi connectivity index (χ0v) is 15.4. The second kappa shape index (κ2) is 6.66. The van der Waals surface area contributed by atoms with Crippen LogP contribution in [-0.4, -0.2) is 23.4 Å². The molecule has 0 spiro atoms. The molecule has 1 aromatic carbocycles. The summed E-state index contributed by atoms with van der Waals surface area (Å²) in [5, 5.41) is 1.68. The Morgan fingerprint density at radius 1 is 1.00 bits per heavy atom. The highest BCUT2D eigenvalue weighted by Gasteiger charge is 2.28. The number of rotatable bonds is 1. The van der Waals surface area contributed by atoms with Gasteiger partial charge in [0, 0.05) is 5.39 Å². The summed E-state index contributed by atoms with van der Waals surface area (Å²) < 4.78 is 16.0. The van der Waals surface area contributed by atoms with E-state index in [2.05, 4.69) is 5.43 Å². The molecule has 1 N–H and O–H groups in total. The van der Waals surface area contributed by atoms with E-state index < -0.39 is 23.4 Å². The lowest BCUT2D eigenvalue weighted by molar-refractivity contribution is 0.0425. The fourth-order valence-electron chi connectivity index (χ4n) is 2.08. The standard InChI is InChI=1S/C18H24N2O5/c1-17(2,3)24-15(21)19-20(16(22)25-18(4,5)6)13-8-7-9-14-12(13)10-11-23-14/h7-11H,1-6H3,(H,19,21). The number of nitrogens with zero attached hydrogens (tertiary/aromatic N) is 1. The second-order valence-electron chi connectivity index (χ2n) is 7.54. The van der Waals surface area contributed by atoms with Crippen LogP contribution in [-0.2, 0) is 9.47 Å². The molecule has 0 fully saturated rings. The molecule has 0 bridgehead atoms. The molecule has 0 radical (unpaired) electrons. The number of benzene rings is 1. The number of carbonyl (C=O) groups is 2. The fraction of sp³-hybridized carbons (Fsp3) is 0.444. The van der Waals surface area contributed by atoms with Gasteiger partial charge >= 0.3 is 12.2 Å². The monoisotopic (exact) mass is 348 g/mol. The summed E-state index contributed by atoms with van der Waals surface area (Å²) in [4.78, 5) is 24.8. The van der Waals surface area contributed by atoms with Gasteiger partial charge in [0.25, 0.3) is 0 Å². The molecule has 136 valence electrons. The molecular formula is C18H24N2O5. The van der Waals surface area contributed by atoms with E-state index in [9.17, 15) is 9.59 Å². The fourth-order valence-corrected chi connectivity index (χ4v) is 2.08. The largest absolute Gasteiger partial charge is 0.464 e. The average Bonchev–Trinajstić information content (AvgIpc) is 2.89. The van der Waals surface area contributed by atoms with Gasteiger partial charge in [-0.25, -0.2) is 15.0 Å². The van der Waals surface area contributed by atoms with Gasteiger partial charge in [0.15, 0.2) is 0 Å². The summed E-state index contributed by atoms with van der Waals surface area (Å²) in [5.74, 6) is 0. The van der Waals surface area contributed by atoms with Crippen molar-refractivity contribution in [2.24, 2.45) is 0 Å². The summed E-state index contributed by atoms with van der Waals surface area (Å²) in [7, 11) is 0. The predicted molar refractivity (Wildman–Crippen MR) is 94.3 cm³/mol. The number of hydrogen-bond donors (Lipinski definition) is 1. The van der Waals surface area contributed by atoms with Gasteiger partial charge in [0.05, 0.1) is 12.0 Å². The first kappa shape index (κ1) is 18.6. The van der Waals surface area contributed by atoms with E-state index in [4.69, 9.17) is 13.9 Å². The number of amides is 2. The van der Waals surface area contributed by atoms with Crippen molar-refractivity contribution in [3.63, 3.8) is 0 Å². The van der Waals surface area contributed by atoms with Crippen LogP contribution in [0.2, 0.25) is 0 Å². The highest BCUT2D eigenvalue weighted by atomic mass is 16.6. The van der Waals surface area contributed by atoms with Crippen LogP contribution in [0.3, 0.4) is 0 Å². The molecule has 1 aromatic heterocycles. The zero-order valence-electron chi connectivity index (χ0n) is 15.4. The first-order chi connectivity index (χ1) is 11.5. The van der Waals surface area contributed by atoms with E-state index in [0.29, 0.717) is 16.7 Å². The van der Waals surface area contributed by atoms with Gasteiger partial charge in [0.1, 0.15) is 16.8 Å². The van der Waals surface area contributed by atoms with Crippen LogP contribution in [0.4, 0.5) is 15.3 Å². The Morgan fingerprint density at radius 2 is 1.64 bits per heavy atom. The van der Waals surface area contributed by atoms with Crippen molar-refractivity contribution in [2.75, 3.05) is 5.01 Å². The van der Waals surface area contributed by atoms with Crippen LogP contribution in [0.1, 0.15) is 41.5 Å². The Hall–Kier alpha value is -2.70.